The van der Waals surface area contributed by atoms with Crippen LogP contribution < -0.4 is 4.74 Å². The Morgan fingerprint density at radius 1 is 1.33 bits per heavy atom. The van der Waals surface area contributed by atoms with Crippen molar-refractivity contribution in [2.24, 2.45) is 0 Å². The number of hydrogen-bond acceptors (Lipinski definition) is 3. The number of pyridine rings is 1. The highest BCUT2D eigenvalue weighted by Gasteiger charge is 2.23. The van der Waals surface area contributed by atoms with Crippen molar-refractivity contribution in [3.05, 3.63) is 36.5 Å². The number of hydrogen-bond donors (Lipinski definition) is 0. The standard InChI is InChI=1S/C12H11NO2/c1-2-4-11-10(3-1)12(5-6-13-11)15-8-9-7-14-9/h1-6,9H,7-8H2. The molecule has 15 heavy (non-hydrogen) atoms. The van der Waals surface area contributed by atoms with Gasteiger partial charge in [-0.1, -0.05) is 12.1 Å². The maximum Gasteiger partial charge on any atom is 0.130 e. The summed E-state index contributed by atoms with van der Waals surface area (Å²) in [7, 11) is 0. The molecule has 1 aromatic heterocycles. The average Bonchev–Trinajstić information content (AvgIpc) is 3.10. The van der Waals surface area contributed by atoms with Crippen LogP contribution in [0.4, 0.5) is 0 Å². The van der Waals surface area contributed by atoms with Gasteiger partial charge in [0.25, 0.3) is 0 Å². The molecule has 3 rings (SSSR count). The molecule has 0 N–H and O–H groups in total. The molecular formula is C12H11NO2. The summed E-state index contributed by atoms with van der Waals surface area (Å²) in [6.45, 7) is 1.46. The fourth-order valence-electron chi connectivity index (χ4n) is 1.54. The van der Waals surface area contributed by atoms with E-state index in [1.54, 1.807) is 6.20 Å². The molecule has 0 amide bonds. The highest BCUT2D eigenvalue weighted by atomic mass is 16.6. The van der Waals surface area contributed by atoms with E-state index < -0.39 is 0 Å². The topological polar surface area (TPSA) is 34.6 Å². The van der Waals surface area contributed by atoms with Gasteiger partial charge in [0, 0.05) is 11.6 Å². The molecule has 1 unspecified atom stereocenters. The molecule has 1 aliphatic rings. The molecule has 0 radical (unpaired) electrons. The van der Waals surface area contributed by atoms with Gasteiger partial charge in [0.2, 0.25) is 0 Å². The van der Waals surface area contributed by atoms with E-state index in [0.29, 0.717) is 6.61 Å². The van der Waals surface area contributed by atoms with Gasteiger partial charge >= 0.3 is 0 Å². The molecule has 0 saturated carbocycles. The molecule has 1 atom stereocenters. The van der Waals surface area contributed by atoms with Crippen molar-refractivity contribution < 1.29 is 9.47 Å². The Balaban J connectivity index is 1.93. The van der Waals surface area contributed by atoms with Gasteiger partial charge in [-0.15, -0.1) is 0 Å². The number of aromatic nitrogens is 1. The quantitative estimate of drug-likeness (QED) is 0.712. The summed E-state index contributed by atoms with van der Waals surface area (Å²) in [5.74, 6) is 0.885. The highest BCUT2D eigenvalue weighted by Crippen LogP contribution is 2.24. The average molecular weight is 201 g/mol. The van der Waals surface area contributed by atoms with E-state index in [2.05, 4.69) is 4.98 Å². The van der Waals surface area contributed by atoms with Gasteiger partial charge in [-0.05, 0) is 18.2 Å². The van der Waals surface area contributed by atoms with Crippen LogP contribution in [-0.2, 0) is 4.74 Å². The summed E-state index contributed by atoms with van der Waals surface area (Å²) >= 11 is 0. The number of nitrogens with zero attached hydrogens (tertiary/aromatic N) is 1. The van der Waals surface area contributed by atoms with Crippen LogP contribution in [0.15, 0.2) is 36.5 Å². The van der Waals surface area contributed by atoms with Crippen LogP contribution in [0.5, 0.6) is 5.75 Å². The second-order valence-corrected chi connectivity index (χ2v) is 3.59. The zero-order valence-corrected chi connectivity index (χ0v) is 8.22. The van der Waals surface area contributed by atoms with E-state index in [4.69, 9.17) is 9.47 Å². The molecule has 3 heteroatoms. The first-order valence-corrected chi connectivity index (χ1v) is 5.01. The van der Waals surface area contributed by atoms with Crippen molar-refractivity contribution in [1.29, 1.82) is 0 Å². The fourth-order valence-corrected chi connectivity index (χ4v) is 1.54. The second-order valence-electron chi connectivity index (χ2n) is 3.59. The van der Waals surface area contributed by atoms with Crippen LogP contribution in [0.25, 0.3) is 10.9 Å². The van der Waals surface area contributed by atoms with Crippen LogP contribution >= 0.6 is 0 Å². The predicted molar refractivity (Wildman–Crippen MR) is 57.0 cm³/mol. The molecule has 0 spiro atoms. The van der Waals surface area contributed by atoms with Crippen LogP contribution in [0.1, 0.15) is 0 Å². The second kappa shape index (κ2) is 3.51. The molecule has 2 aromatic rings. The Labute approximate surface area is 87.6 Å². The summed E-state index contributed by atoms with van der Waals surface area (Å²) in [5, 5.41) is 1.06. The SMILES string of the molecule is c1ccc2c(OCC3CO3)ccnc2c1. The summed E-state index contributed by atoms with van der Waals surface area (Å²) in [4.78, 5) is 4.27. The Bertz CT molecular complexity index is 475. The number of fused-ring (bicyclic) bond motifs is 1. The number of para-hydroxylation sites is 1. The Morgan fingerprint density at radius 3 is 3.07 bits per heavy atom. The van der Waals surface area contributed by atoms with E-state index in [0.717, 1.165) is 23.3 Å². The third-order valence-corrected chi connectivity index (χ3v) is 2.44. The molecule has 1 saturated heterocycles. The van der Waals surface area contributed by atoms with E-state index in [9.17, 15) is 0 Å². The maximum absolute atomic E-state index is 5.68. The monoisotopic (exact) mass is 201 g/mol. The zero-order valence-electron chi connectivity index (χ0n) is 8.22. The number of ether oxygens (including phenoxy) is 2. The first-order valence-electron chi connectivity index (χ1n) is 5.01. The lowest BCUT2D eigenvalue weighted by atomic mass is 10.2. The van der Waals surface area contributed by atoms with Crippen molar-refractivity contribution in [2.75, 3.05) is 13.2 Å². The predicted octanol–water partition coefficient (Wildman–Crippen LogP) is 2.01. The van der Waals surface area contributed by atoms with Gasteiger partial charge < -0.3 is 9.47 Å². The van der Waals surface area contributed by atoms with Crippen LogP contribution in [0.2, 0.25) is 0 Å². The molecule has 1 aromatic carbocycles. The number of rotatable bonds is 3. The number of benzene rings is 1. The molecule has 1 aliphatic heterocycles. The van der Waals surface area contributed by atoms with Gasteiger partial charge in [0.1, 0.15) is 18.5 Å². The summed E-state index contributed by atoms with van der Waals surface area (Å²) in [6.07, 6.45) is 2.06. The number of epoxide rings is 1. The van der Waals surface area contributed by atoms with Crippen molar-refractivity contribution in [3.63, 3.8) is 0 Å². The van der Waals surface area contributed by atoms with Crippen LogP contribution in [0.3, 0.4) is 0 Å². The lowest BCUT2D eigenvalue weighted by Gasteiger charge is -2.06. The van der Waals surface area contributed by atoms with E-state index in [1.807, 2.05) is 30.3 Å². The van der Waals surface area contributed by atoms with Crippen molar-refractivity contribution in [3.8, 4) is 5.75 Å². The molecule has 0 aliphatic carbocycles. The smallest absolute Gasteiger partial charge is 0.130 e. The van der Waals surface area contributed by atoms with E-state index >= 15 is 0 Å². The minimum Gasteiger partial charge on any atom is -0.490 e. The van der Waals surface area contributed by atoms with E-state index in [1.165, 1.54) is 0 Å². The van der Waals surface area contributed by atoms with Gasteiger partial charge in [0.05, 0.1) is 12.1 Å². The molecular weight excluding hydrogens is 190 g/mol. The first-order chi connectivity index (χ1) is 7.43. The Hall–Kier alpha value is -1.61. The highest BCUT2D eigenvalue weighted by molar-refractivity contribution is 5.84. The van der Waals surface area contributed by atoms with Gasteiger partial charge in [0.15, 0.2) is 0 Å². The zero-order chi connectivity index (χ0) is 10.1. The summed E-state index contributed by atoms with van der Waals surface area (Å²) in [5.41, 5.74) is 0.965. The lowest BCUT2D eigenvalue weighted by molar-refractivity contribution is 0.265. The normalized spacial score (nSPS) is 19.1. The molecule has 76 valence electrons. The molecule has 1 fully saturated rings. The fraction of sp³-hybridized carbons (Fsp3) is 0.250. The van der Waals surface area contributed by atoms with Crippen LogP contribution in [0, 0.1) is 0 Å². The third-order valence-electron chi connectivity index (χ3n) is 2.44. The summed E-state index contributed by atoms with van der Waals surface area (Å²) < 4.78 is 10.8. The third kappa shape index (κ3) is 1.78. The van der Waals surface area contributed by atoms with Crippen molar-refractivity contribution in [2.45, 2.75) is 6.10 Å². The van der Waals surface area contributed by atoms with E-state index in [-0.39, 0.29) is 6.10 Å². The maximum atomic E-state index is 5.68. The molecule has 3 nitrogen and oxygen atoms in total. The first kappa shape index (κ1) is 8.68. The summed E-state index contributed by atoms with van der Waals surface area (Å²) in [6, 6.07) is 9.86. The Morgan fingerprint density at radius 2 is 2.20 bits per heavy atom. The van der Waals surface area contributed by atoms with Crippen molar-refractivity contribution >= 4 is 10.9 Å². The van der Waals surface area contributed by atoms with Gasteiger partial charge in [-0.2, -0.15) is 0 Å². The minimum atomic E-state index is 0.289. The Kier molecular flexibility index (Phi) is 2.03. The lowest BCUT2D eigenvalue weighted by Crippen LogP contribution is -2.04. The largest absolute Gasteiger partial charge is 0.490 e. The molecule has 0 bridgehead atoms. The minimum absolute atomic E-state index is 0.289. The van der Waals surface area contributed by atoms with Crippen LogP contribution in [-0.4, -0.2) is 24.3 Å². The van der Waals surface area contributed by atoms with Gasteiger partial charge in [-0.3, -0.25) is 4.98 Å². The van der Waals surface area contributed by atoms with Gasteiger partial charge in [-0.25, -0.2) is 0 Å². The van der Waals surface area contributed by atoms with Crippen molar-refractivity contribution in [1.82, 2.24) is 4.98 Å². The molecule has 2 heterocycles.